The summed E-state index contributed by atoms with van der Waals surface area (Å²) in [7, 11) is 0. The molecule has 1 saturated heterocycles. The zero-order valence-corrected chi connectivity index (χ0v) is 16.0. The maximum absolute atomic E-state index is 12.4. The number of anilines is 1. The Kier molecular flexibility index (Phi) is 5.90. The molecule has 1 saturated carbocycles. The average Bonchev–Trinajstić information content (AvgIpc) is 3.35. The fourth-order valence-electron chi connectivity index (χ4n) is 3.33. The van der Waals surface area contributed by atoms with Gasteiger partial charge in [0.15, 0.2) is 11.7 Å². The number of nitrogens with one attached hydrogen (secondary N) is 1. The van der Waals surface area contributed by atoms with Gasteiger partial charge in [0.2, 0.25) is 5.91 Å². The number of ether oxygens (including phenoxy) is 1. The topological polar surface area (TPSA) is 88.6 Å². The number of amides is 2. The Morgan fingerprint density at radius 2 is 1.92 bits per heavy atom. The summed E-state index contributed by atoms with van der Waals surface area (Å²) < 4.78 is 5.14. The minimum absolute atomic E-state index is 0.00577. The van der Waals surface area contributed by atoms with Crippen LogP contribution in [-0.2, 0) is 25.5 Å². The maximum atomic E-state index is 12.4. The van der Waals surface area contributed by atoms with E-state index in [-0.39, 0.29) is 42.8 Å². The molecule has 2 heterocycles. The number of aromatic nitrogens is 1. The van der Waals surface area contributed by atoms with Crippen LogP contribution >= 0.6 is 11.3 Å². The molecule has 2 aliphatic rings. The highest BCUT2D eigenvalue weighted by Crippen LogP contribution is 2.30. The molecule has 2 fully saturated rings. The normalized spacial score (nSPS) is 22.8. The zero-order chi connectivity index (χ0) is 18.7. The van der Waals surface area contributed by atoms with Crippen molar-refractivity contribution in [3.8, 4) is 0 Å². The van der Waals surface area contributed by atoms with E-state index in [2.05, 4.69) is 10.3 Å². The van der Waals surface area contributed by atoms with Crippen molar-refractivity contribution in [2.75, 3.05) is 11.9 Å². The van der Waals surface area contributed by atoms with Crippen LogP contribution in [0.1, 0.15) is 51.6 Å². The van der Waals surface area contributed by atoms with E-state index in [9.17, 15) is 14.4 Å². The van der Waals surface area contributed by atoms with Gasteiger partial charge in [-0.2, -0.15) is 0 Å². The van der Waals surface area contributed by atoms with E-state index in [0.29, 0.717) is 10.8 Å². The first-order valence-corrected chi connectivity index (χ1v) is 10.0. The molecule has 1 aliphatic carbocycles. The van der Waals surface area contributed by atoms with Gasteiger partial charge >= 0.3 is 5.97 Å². The lowest BCUT2D eigenvalue weighted by Gasteiger charge is -2.38. The first-order valence-electron chi connectivity index (χ1n) is 9.16. The Labute approximate surface area is 157 Å². The van der Waals surface area contributed by atoms with Gasteiger partial charge < -0.3 is 15.0 Å². The molecule has 1 aliphatic heterocycles. The first kappa shape index (κ1) is 18.8. The van der Waals surface area contributed by atoms with E-state index in [4.69, 9.17) is 4.74 Å². The third-order valence-electron chi connectivity index (χ3n) is 4.89. The van der Waals surface area contributed by atoms with Crippen molar-refractivity contribution in [2.24, 2.45) is 5.92 Å². The molecular formula is C18H25N3O4S. The Morgan fingerprint density at radius 1 is 1.23 bits per heavy atom. The number of nitrogens with zero attached hydrogens (tertiary/aromatic N) is 2. The van der Waals surface area contributed by atoms with Crippen LogP contribution in [0, 0.1) is 5.92 Å². The van der Waals surface area contributed by atoms with Gasteiger partial charge in [0.05, 0.1) is 12.1 Å². The van der Waals surface area contributed by atoms with Gasteiger partial charge in [-0.05, 0) is 46.0 Å². The van der Waals surface area contributed by atoms with Crippen LogP contribution in [0.25, 0.3) is 0 Å². The van der Waals surface area contributed by atoms with E-state index < -0.39 is 5.97 Å². The van der Waals surface area contributed by atoms with Gasteiger partial charge in [-0.1, -0.05) is 0 Å². The highest BCUT2D eigenvalue weighted by atomic mass is 32.1. The smallest absolute Gasteiger partial charge is 0.312 e. The number of thiazole rings is 1. The molecule has 142 valence electrons. The molecule has 26 heavy (non-hydrogen) atoms. The van der Waals surface area contributed by atoms with Gasteiger partial charge in [-0.3, -0.25) is 14.4 Å². The summed E-state index contributed by atoms with van der Waals surface area (Å²) in [6.45, 7) is 3.83. The van der Waals surface area contributed by atoms with Crippen molar-refractivity contribution in [2.45, 2.75) is 64.5 Å². The highest BCUT2D eigenvalue weighted by molar-refractivity contribution is 7.13. The fraction of sp³-hybridized carbons (Fsp3) is 0.667. The van der Waals surface area contributed by atoms with Crippen LogP contribution in [0.15, 0.2) is 5.38 Å². The minimum atomic E-state index is -0.485. The van der Waals surface area contributed by atoms with Crippen LogP contribution < -0.4 is 5.32 Å². The molecule has 1 aromatic heterocycles. The zero-order valence-electron chi connectivity index (χ0n) is 15.2. The number of hydrogen-bond donors (Lipinski definition) is 1. The lowest BCUT2D eigenvalue weighted by Crippen LogP contribution is -2.49. The highest BCUT2D eigenvalue weighted by Gasteiger charge is 2.30. The quantitative estimate of drug-likeness (QED) is 0.767. The fourth-order valence-corrected chi connectivity index (χ4v) is 4.04. The van der Waals surface area contributed by atoms with E-state index in [0.717, 1.165) is 32.1 Å². The van der Waals surface area contributed by atoms with Crippen molar-refractivity contribution >= 4 is 34.3 Å². The average molecular weight is 379 g/mol. The standard InChI is InChI=1S/C18H25N3O4S/c1-11-4-3-5-12(2)21(11)15(22)9-25-16(23)8-14-10-26-18(19-14)20-17(24)13-6-7-13/h10-13H,3-9H2,1-2H3,(H,19,20,24). The van der Waals surface area contributed by atoms with Gasteiger partial charge in [0, 0.05) is 23.4 Å². The molecule has 0 radical (unpaired) electrons. The van der Waals surface area contributed by atoms with Gasteiger partial charge in [-0.25, -0.2) is 4.98 Å². The summed E-state index contributed by atoms with van der Waals surface area (Å²) in [6.07, 6.45) is 4.94. The lowest BCUT2D eigenvalue weighted by molar-refractivity contribution is -0.154. The third-order valence-corrected chi connectivity index (χ3v) is 5.70. The lowest BCUT2D eigenvalue weighted by atomic mass is 9.97. The monoisotopic (exact) mass is 379 g/mol. The second-order valence-corrected chi connectivity index (χ2v) is 8.03. The summed E-state index contributed by atoms with van der Waals surface area (Å²) >= 11 is 1.29. The molecule has 0 bridgehead atoms. The van der Waals surface area contributed by atoms with Gasteiger partial charge in [0.1, 0.15) is 0 Å². The first-order chi connectivity index (χ1) is 12.4. The summed E-state index contributed by atoms with van der Waals surface area (Å²) in [5.41, 5.74) is 0.540. The van der Waals surface area contributed by atoms with Gasteiger partial charge in [-0.15, -0.1) is 11.3 Å². The van der Waals surface area contributed by atoms with E-state index in [1.165, 1.54) is 11.3 Å². The summed E-state index contributed by atoms with van der Waals surface area (Å²) in [5.74, 6) is -0.531. The van der Waals surface area contributed by atoms with Crippen LogP contribution in [0.2, 0.25) is 0 Å². The minimum Gasteiger partial charge on any atom is -0.455 e. The van der Waals surface area contributed by atoms with Crippen molar-refractivity contribution in [3.63, 3.8) is 0 Å². The Hall–Kier alpha value is -1.96. The molecule has 2 unspecified atom stereocenters. The predicted molar refractivity (Wildman–Crippen MR) is 97.8 cm³/mol. The number of carbonyl (C=O) groups excluding carboxylic acids is 3. The number of piperidine rings is 1. The molecule has 3 rings (SSSR count). The van der Waals surface area contributed by atoms with E-state index in [1.54, 1.807) is 5.38 Å². The molecular weight excluding hydrogens is 354 g/mol. The second kappa shape index (κ2) is 8.16. The Bertz CT molecular complexity index is 676. The SMILES string of the molecule is CC1CCCC(C)N1C(=O)COC(=O)Cc1csc(NC(=O)C2CC2)n1. The Morgan fingerprint density at radius 3 is 2.58 bits per heavy atom. The molecule has 2 amide bonds. The molecule has 7 nitrogen and oxygen atoms in total. The molecule has 1 N–H and O–H groups in total. The van der Waals surface area contributed by atoms with Crippen molar-refractivity contribution in [1.82, 2.24) is 9.88 Å². The summed E-state index contributed by atoms with van der Waals surface area (Å²) in [4.78, 5) is 42.1. The van der Waals surface area contributed by atoms with Crippen LogP contribution in [0.3, 0.4) is 0 Å². The molecule has 0 spiro atoms. The molecule has 8 heteroatoms. The predicted octanol–water partition coefficient (Wildman–Crippen LogP) is 2.37. The van der Waals surface area contributed by atoms with Gasteiger partial charge in [0.25, 0.3) is 5.91 Å². The summed E-state index contributed by atoms with van der Waals surface area (Å²) in [5, 5.41) is 4.98. The molecule has 0 aromatic carbocycles. The Balaban J connectivity index is 1.44. The number of esters is 1. The third kappa shape index (κ3) is 4.81. The number of carbonyl (C=O) groups is 3. The number of rotatable bonds is 6. The number of likely N-dealkylation sites (tertiary alicyclic amines) is 1. The second-order valence-electron chi connectivity index (χ2n) is 7.17. The molecule has 2 atom stereocenters. The maximum Gasteiger partial charge on any atom is 0.312 e. The van der Waals surface area contributed by atoms with E-state index in [1.807, 2.05) is 18.7 Å². The number of hydrogen-bond acceptors (Lipinski definition) is 6. The van der Waals surface area contributed by atoms with Crippen LogP contribution in [0.4, 0.5) is 5.13 Å². The van der Waals surface area contributed by atoms with Crippen LogP contribution in [0.5, 0.6) is 0 Å². The van der Waals surface area contributed by atoms with Crippen LogP contribution in [-0.4, -0.2) is 46.4 Å². The van der Waals surface area contributed by atoms with Crippen molar-refractivity contribution in [3.05, 3.63) is 11.1 Å². The van der Waals surface area contributed by atoms with Crippen molar-refractivity contribution < 1.29 is 19.1 Å². The van der Waals surface area contributed by atoms with Crippen molar-refractivity contribution in [1.29, 1.82) is 0 Å². The largest absolute Gasteiger partial charge is 0.455 e. The van der Waals surface area contributed by atoms with E-state index >= 15 is 0 Å². The molecule has 1 aromatic rings. The summed E-state index contributed by atoms with van der Waals surface area (Å²) in [6, 6.07) is 0.363.